The molecule has 2 heterocycles. The molecular formula is C9H15NO2. The van der Waals surface area contributed by atoms with Gasteiger partial charge in [-0.3, -0.25) is 0 Å². The Morgan fingerprint density at radius 1 is 1.58 bits per heavy atom. The van der Waals surface area contributed by atoms with Gasteiger partial charge >= 0.3 is 0 Å². The summed E-state index contributed by atoms with van der Waals surface area (Å²) in [6, 6.07) is 0. The van der Waals surface area contributed by atoms with E-state index in [9.17, 15) is 5.11 Å². The molecule has 0 spiro atoms. The summed E-state index contributed by atoms with van der Waals surface area (Å²) >= 11 is 0. The second kappa shape index (κ2) is 3.07. The number of hydrogen-bond donors (Lipinski definition) is 2. The van der Waals surface area contributed by atoms with E-state index in [1.165, 1.54) is 0 Å². The topological polar surface area (TPSA) is 41.5 Å². The van der Waals surface area contributed by atoms with Crippen molar-refractivity contribution in [1.29, 1.82) is 0 Å². The van der Waals surface area contributed by atoms with Gasteiger partial charge in [-0.15, -0.1) is 0 Å². The summed E-state index contributed by atoms with van der Waals surface area (Å²) in [6.07, 6.45) is 4.59. The van der Waals surface area contributed by atoms with Gasteiger partial charge in [0.05, 0.1) is 12.9 Å². The molecule has 0 aromatic carbocycles. The van der Waals surface area contributed by atoms with Crippen LogP contribution in [0.2, 0.25) is 0 Å². The molecule has 2 aliphatic heterocycles. The molecule has 1 unspecified atom stereocenters. The molecule has 3 heteroatoms. The molecule has 1 saturated heterocycles. The van der Waals surface area contributed by atoms with Crippen molar-refractivity contribution in [2.75, 3.05) is 19.7 Å². The monoisotopic (exact) mass is 169 g/mol. The molecule has 0 aromatic heterocycles. The predicted molar refractivity (Wildman–Crippen MR) is 45.7 cm³/mol. The Morgan fingerprint density at radius 2 is 2.50 bits per heavy atom. The summed E-state index contributed by atoms with van der Waals surface area (Å²) in [4.78, 5) is 0. The lowest BCUT2D eigenvalue weighted by Gasteiger charge is -2.27. The molecule has 2 N–H and O–H groups in total. The quantitative estimate of drug-likeness (QED) is 0.597. The lowest BCUT2D eigenvalue weighted by Crippen LogP contribution is -2.34. The van der Waals surface area contributed by atoms with Crippen LogP contribution in [0.15, 0.2) is 11.8 Å². The summed E-state index contributed by atoms with van der Waals surface area (Å²) in [5, 5.41) is 13.3. The maximum Gasteiger partial charge on any atom is 0.102 e. The second-order valence-electron chi connectivity index (χ2n) is 3.58. The molecule has 0 radical (unpaired) electrons. The summed E-state index contributed by atoms with van der Waals surface area (Å²) < 4.78 is 5.21. The normalized spacial score (nSPS) is 35.9. The fraction of sp³-hybridized carbons (Fsp3) is 0.778. The maximum atomic E-state index is 10.1. The van der Waals surface area contributed by atoms with Crippen LogP contribution in [0.4, 0.5) is 0 Å². The van der Waals surface area contributed by atoms with E-state index >= 15 is 0 Å². The second-order valence-corrected chi connectivity index (χ2v) is 3.58. The average molecular weight is 169 g/mol. The lowest BCUT2D eigenvalue weighted by atomic mass is 9.90. The van der Waals surface area contributed by atoms with Gasteiger partial charge in [0, 0.05) is 6.54 Å². The first-order valence-corrected chi connectivity index (χ1v) is 4.55. The van der Waals surface area contributed by atoms with Gasteiger partial charge in [-0.05, 0) is 31.4 Å². The molecule has 0 bridgehead atoms. The Hall–Kier alpha value is -0.540. The zero-order valence-corrected chi connectivity index (χ0v) is 7.18. The molecule has 12 heavy (non-hydrogen) atoms. The zero-order valence-electron chi connectivity index (χ0n) is 7.18. The van der Waals surface area contributed by atoms with Gasteiger partial charge in [-0.2, -0.15) is 0 Å². The van der Waals surface area contributed by atoms with Crippen molar-refractivity contribution in [2.24, 2.45) is 0 Å². The van der Waals surface area contributed by atoms with Crippen LogP contribution in [-0.4, -0.2) is 30.4 Å². The molecule has 0 amide bonds. The van der Waals surface area contributed by atoms with E-state index in [1.54, 1.807) is 6.26 Å². The fourth-order valence-corrected chi connectivity index (χ4v) is 1.86. The third kappa shape index (κ3) is 1.34. The minimum absolute atomic E-state index is 0.611. The third-order valence-corrected chi connectivity index (χ3v) is 2.66. The van der Waals surface area contributed by atoms with Gasteiger partial charge in [-0.1, -0.05) is 0 Å². The molecule has 0 saturated carbocycles. The van der Waals surface area contributed by atoms with Gasteiger partial charge in [0.2, 0.25) is 0 Å². The summed E-state index contributed by atoms with van der Waals surface area (Å²) in [7, 11) is 0. The van der Waals surface area contributed by atoms with E-state index in [1.807, 2.05) is 0 Å². The highest BCUT2D eigenvalue weighted by Gasteiger charge is 2.35. The molecule has 0 aliphatic carbocycles. The van der Waals surface area contributed by atoms with Crippen LogP contribution in [0.1, 0.15) is 19.3 Å². The van der Waals surface area contributed by atoms with Crippen LogP contribution >= 0.6 is 0 Å². The lowest BCUT2D eigenvalue weighted by molar-refractivity contribution is 0.0816. The Bertz CT molecular complexity index is 195. The first-order chi connectivity index (χ1) is 5.81. The molecule has 3 nitrogen and oxygen atoms in total. The fourth-order valence-electron chi connectivity index (χ4n) is 1.86. The highest BCUT2D eigenvalue weighted by atomic mass is 16.5. The Morgan fingerprint density at radius 3 is 3.08 bits per heavy atom. The van der Waals surface area contributed by atoms with Crippen molar-refractivity contribution >= 4 is 0 Å². The molecule has 68 valence electrons. The minimum Gasteiger partial charge on any atom is -0.501 e. The number of β-amino-alcohol motifs (C(OH)–C–C–N with tert-alkyl or cyclic N) is 1. The number of aliphatic hydroxyl groups is 1. The summed E-state index contributed by atoms with van der Waals surface area (Å²) in [6.45, 7) is 2.39. The Balaban J connectivity index is 2.10. The highest BCUT2D eigenvalue weighted by Crippen LogP contribution is 2.29. The molecule has 1 atom stereocenters. The SMILES string of the molecule is OC1(C2=COCCC2)CCNC1. The largest absolute Gasteiger partial charge is 0.501 e. The van der Waals surface area contributed by atoms with Crippen molar-refractivity contribution in [2.45, 2.75) is 24.9 Å². The number of nitrogens with one attached hydrogen (secondary N) is 1. The third-order valence-electron chi connectivity index (χ3n) is 2.66. The van der Waals surface area contributed by atoms with Crippen molar-refractivity contribution in [1.82, 2.24) is 5.32 Å². The number of ether oxygens (including phenoxy) is 1. The molecule has 2 rings (SSSR count). The van der Waals surface area contributed by atoms with E-state index in [-0.39, 0.29) is 0 Å². The van der Waals surface area contributed by atoms with Gasteiger partial charge in [-0.25, -0.2) is 0 Å². The van der Waals surface area contributed by atoms with Crippen LogP contribution in [0.3, 0.4) is 0 Å². The number of rotatable bonds is 1. The van der Waals surface area contributed by atoms with E-state index in [2.05, 4.69) is 5.32 Å². The molecule has 1 fully saturated rings. The minimum atomic E-state index is -0.611. The molecule has 2 aliphatic rings. The van der Waals surface area contributed by atoms with Crippen LogP contribution in [0, 0.1) is 0 Å². The van der Waals surface area contributed by atoms with Crippen molar-refractivity contribution in [3.63, 3.8) is 0 Å². The Labute approximate surface area is 72.4 Å². The van der Waals surface area contributed by atoms with E-state index in [0.29, 0.717) is 6.54 Å². The first-order valence-electron chi connectivity index (χ1n) is 4.55. The first kappa shape index (κ1) is 8.08. The van der Waals surface area contributed by atoms with Gasteiger partial charge in [0.1, 0.15) is 5.60 Å². The van der Waals surface area contributed by atoms with Gasteiger partial charge in [0.25, 0.3) is 0 Å². The number of hydrogen-bond acceptors (Lipinski definition) is 3. The van der Waals surface area contributed by atoms with Crippen molar-refractivity contribution in [3.05, 3.63) is 11.8 Å². The Kier molecular flexibility index (Phi) is 2.07. The zero-order chi connectivity index (χ0) is 8.44. The van der Waals surface area contributed by atoms with E-state index < -0.39 is 5.60 Å². The standard InChI is InChI=1S/C9H15NO2/c11-9(3-4-10-7-9)8-2-1-5-12-6-8/h6,10-11H,1-5,7H2. The van der Waals surface area contributed by atoms with Crippen molar-refractivity contribution in [3.8, 4) is 0 Å². The smallest absolute Gasteiger partial charge is 0.102 e. The van der Waals surface area contributed by atoms with Gasteiger partial charge < -0.3 is 15.2 Å². The summed E-state index contributed by atoms with van der Waals surface area (Å²) in [5.41, 5.74) is 0.458. The average Bonchev–Trinajstić information content (AvgIpc) is 2.55. The maximum absolute atomic E-state index is 10.1. The van der Waals surface area contributed by atoms with Crippen LogP contribution in [0.5, 0.6) is 0 Å². The predicted octanol–water partition coefficient (Wildman–Crippen LogP) is 0.405. The van der Waals surface area contributed by atoms with E-state index in [0.717, 1.165) is 38.0 Å². The van der Waals surface area contributed by atoms with E-state index in [4.69, 9.17) is 4.74 Å². The van der Waals surface area contributed by atoms with Crippen LogP contribution in [-0.2, 0) is 4.74 Å². The molecule has 0 aromatic rings. The highest BCUT2D eigenvalue weighted by molar-refractivity contribution is 5.19. The van der Waals surface area contributed by atoms with Gasteiger partial charge in [0.15, 0.2) is 0 Å². The van der Waals surface area contributed by atoms with Crippen LogP contribution < -0.4 is 5.32 Å². The van der Waals surface area contributed by atoms with Crippen LogP contribution in [0.25, 0.3) is 0 Å². The van der Waals surface area contributed by atoms with Crippen molar-refractivity contribution < 1.29 is 9.84 Å². The summed E-state index contributed by atoms with van der Waals surface area (Å²) in [5.74, 6) is 0. The molecular weight excluding hydrogens is 154 g/mol.